The lowest BCUT2D eigenvalue weighted by atomic mass is 10.1. The molecule has 1 saturated heterocycles. The van der Waals surface area contributed by atoms with E-state index >= 15 is 0 Å². The average Bonchev–Trinajstić information content (AvgIpc) is 3.00. The molecule has 0 unspecified atom stereocenters. The number of non-ortho nitro benzene ring substituents is 1. The molecule has 0 radical (unpaired) electrons. The maximum absolute atomic E-state index is 12.9. The normalized spacial score (nSPS) is 14.6. The van der Waals surface area contributed by atoms with Crippen LogP contribution in [0.2, 0.25) is 0 Å². The van der Waals surface area contributed by atoms with Crippen LogP contribution in [0.4, 0.5) is 10.5 Å². The third-order valence-corrected chi connectivity index (χ3v) is 5.58. The second kappa shape index (κ2) is 9.68. The van der Waals surface area contributed by atoms with E-state index in [-0.39, 0.29) is 23.7 Å². The van der Waals surface area contributed by atoms with Gasteiger partial charge in [-0.15, -0.1) is 6.42 Å². The Morgan fingerprint density at radius 3 is 2.61 bits per heavy atom. The number of hydrogen-bond donors (Lipinski definition) is 0. The molecule has 1 aliphatic rings. The highest BCUT2D eigenvalue weighted by Crippen LogP contribution is 2.39. The number of carbonyl (C=O) groups is 2. The fraction of sp³-hybridized carbons (Fsp3) is 0.143. The van der Waals surface area contributed by atoms with Crippen LogP contribution in [-0.4, -0.2) is 34.7 Å². The summed E-state index contributed by atoms with van der Waals surface area (Å²) in [6.45, 7) is 0.00269. The number of halogens is 1. The van der Waals surface area contributed by atoms with Gasteiger partial charge in [0.05, 0.1) is 23.5 Å². The van der Waals surface area contributed by atoms with E-state index in [9.17, 15) is 19.7 Å². The van der Waals surface area contributed by atoms with Gasteiger partial charge in [-0.25, -0.2) is 0 Å². The van der Waals surface area contributed by atoms with Crippen molar-refractivity contribution in [3.05, 3.63) is 67.0 Å². The van der Waals surface area contributed by atoms with Crippen molar-refractivity contribution >= 4 is 50.6 Å². The van der Waals surface area contributed by atoms with Gasteiger partial charge in [0.25, 0.3) is 16.8 Å². The Morgan fingerprint density at radius 1 is 1.29 bits per heavy atom. The van der Waals surface area contributed by atoms with Crippen molar-refractivity contribution in [1.82, 2.24) is 4.90 Å². The van der Waals surface area contributed by atoms with E-state index in [1.165, 1.54) is 31.4 Å². The lowest BCUT2D eigenvalue weighted by Gasteiger charge is -2.13. The molecule has 0 aromatic heterocycles. The number of nitrogens with zero attached hydrogens (tertiary/aromatic N) is 2. The van der Waals surface area contributed by atoms with Crippen LogP contribution in [0.3, 0.4) is 0 Å². The first-order valence-electron chi connectivity index (χ1n) is 8.76. The molecular formula is C21H15BrN2O6S. The number of amides is 2. The molecule has 2 aromatic rings. The molecule has 0 saturated carbocycles. The average molecular weight is 503 g/mol. The Bertz CT molecular complexity index is 1120. The quantitative estimate of drug-likeness (QED) is 0.235. The monoisotopic (exact) mass is 502 g/mol. The van der Waals surface area contributed by atoms with Crippen LogP contribution in [0, 0.1) is 22.5 Å². The molecule has 1 heterocycles. The van der Waals surface area contributed by atoms with Gasteiger partial charge in [-0.1, -0.05) is 34.0 Å². The second-order valence-electron chi connectivity index (χ2n) is 6.21. The van der Waals surface area contributed by atoms with E-state index in [2.05, 4.69) is 21.9 Å². The zero-order valence-electron chi connectivity index (χ0n) is 16.2. The first-order valence-corrected chi connectivity index (χ1v) is 10.4. The van der Waals surface area contributed by atoms with Gasteiger partial charge in [0.15, 0.2) is 11.5 Å². The molecule has 1 fully saturated rings. The van der Waals surface area contributed by atoms with Gasteiger partial charge in [-0.2, -0.15) is 0 Å². The second-order valence-corrected chi connectivity index (χ2v) is 8.12. The summed E-state index contributed by atoms with van der Waals surface area (Å²) in [4.78, 5) is 36.8. The topological polar surface area (TPSA) is 99.0 Å². The van der Waals surface area contributed by atoms with E-state index < -0.39 is 16.1 Å². The summed E-state index contributed by atoms with van der Waals surface area (Å²) in [5, 5.41) is 10.3. The van der Waals surface area contributed by atoms with Crippen molar-refractivity contribution in [2.45, 2.75) is 6.54 Å². The van der Waals surface area contributed by atoms with Gasteiger partial charge < -0.3 is 9.47 Å². The van der Waals surface area contributed by atoms with E-state index in [0.29, 0.717) is 27.1 Å². The van der Waals surface area contributed by atoms with Crippen molar-refractivity contribution in [3.63, 3.8) is 0 Å². The molecule has 8 nitrogen and oxygen atoms in total. The molecule has 31 heavy (non-hydrogen) atoms. The zero-order chi connectivity index (χ0) is 22.5. The van der Waals surface area contributed by atoms with Crippen molar-refractivity contribution in [1.29, 1.82) is 0 Å². The highest BCUT2D eigenvalue weighted by atomic mass is 79.9. The maximum atomic E-state index is 12.9. The Kier molecular flexibility index (Phi) is 6.99. The van der Waals surface area contributed by atoms with E-state index in [0.717, 1.165) is 16.7 Å². The molecule has 10 heteroatoms. The number of methoxy groups -OCH3 is 1. The summed E-state index contributed by atoms with van der Waals surface area (Å²) in [5.41, 5.74) is 1.04. The lowest BCUT2D eigenvalue weighted by Crippen LogP contribution is -2.27. The van der Waals surface area contributed by atoms with Crippen molar-refractivity contribution in [2.75, 3.05) is 13.7 Å². The molecule has 0 atom stereocenters. The number of nitro benzene ring substituents is 1. The van der Waals surface area contributed by atoms with Gasteiger partial charge >= 0.3 is 0 Å². The van der Waals surface area contributed by atoms with E-state index in [1.54, 1.807) is 18.2 Å². The smallest absolute Gasteiger partial charge is 0.293 e. The number of carbonyl (C=O) groups excluding carboxylic acids is 2. The van der Waals surface area contributed by atoms with Crippen LogP contribution in [0.5, 0.6) is 11.5 Å². The van der Waals surface area contributed by atoms with Gasteiger partial charge in [0.2, 0.25) is 0 Å². The summed E-state index contributed by atoms with van der Waals surface area (Å²) in [7, 11) is 1.48. The number of benzene rings is 2. The number of terminal acetylenes is 1. The molecule has 1 aliphatic heterocycles. The van der Waals surface area contributed by atoms with Crippen LogP contribution in [0.1, 0.15) is 11.1 Å². The first kappa shape index (κ1) is 22.4. The first-order chi connectivity index (χ1) is 14.8. The third kappa shape index (κ3) is 5.07. The predicted octanol–water partition coefficient (Wildman–Crippen LogP) is 4.61. The number of hydrogen-bond acceptors (Lipinski definition) is 7. The highest BCUT2D eigenvalue weighted by molar-refractivity contribution is 9.10. The Morgan fingerprint density at radius 2 is 2.00 bits per heavy atom. The highest BCUT2D eigenvalue weighted by Gasteiger charge is 2.35. The summed E-state index contributed by atoms with van der Waals surface area (Å²) in [5.74, 6) is 2.67. The Balaban J connectivity index is 1.89. The van der Waals surface area contributed by atoms with Crippen molar-refractivity contribution in [2.24, 2.45) is 0 Å². The molecular weight excluding hydrogens is 488 g/mol. The van der Waals surface area contributed by atoms with Gasteiger partial charge in [-0.3, -0.25) is 24.6 Å². The van der Waals surface area contributed by atoms with E-state index in [1.807, 2.05) is 0 Å². The minimum atomic E-state index is -0.515. The molecule has 3 rings (SSSR count). The molecule has 0 bridgehead atoms. The van der Waals surface area contributed by atoms with Crippen LogP contribution < -0.4 is 9.47 Å². The van der Waals surface area contributed by atoms with Crippen LogP contribution in [0.15, 0.2) is 45.8 Å². The fourth-order valence-corrected chi connectivity index (χ4v) is 4.08. The molecule has 0 aliphatic carbocycles. The molecule has 0 N–H and O–H groups in total. The number of rotatable bonds is 7. The van der Waals surface area contributed by atoms with Crippen molar-refractivity contribution < 1.29 is 24.0 Å². The van der Waals surface area contributed by atoms with Crippen LogP contribution in [0.25, 0.3) is 6.08 Å². The van der Waals surface area contributed by atoms with Crippen LogP contribution in [-0.2, 0) is 11.3 Å². The minimum Gasteiger partial charge on any atom is -0.493 e. The third-order valence-electron chi connectivity index (χ3n) is 4.22. The number of imide groups is 1. The van der Waals surface area contributed by atoms with Gasteiger partial charge in [-0.05, 0) is 35.5 Å². The van der Waals surface area contributed by atoms with Crippen LogP contribution >= 0.6 is 27.7 Å². The molecule has 0 spiro atoms. The maximum Gasteiger partial charge on any atom is 0.293 e. The number of nitro groups is 1. The lowest BCUT2D eigenvalue weighted by molar-refractivity contribution is -0.384. The van der Waals surface area contributed by atoms with Crippen molar-refractivity contribution in [3.8, 4) is 23.8 Å². The largest absolute Gasteiger partial charge is 0.493 e. The van der Waals surface area contributed by atoms with Gasteiger partial charge in [0.1, 0.15) is 6.61 Å². The summed E-state index contributed by atoms with van der Waals surface area (Å²) in [6.07, 6.45) is 6.82. The minimum absolute atomic E-state index is 0.000451. The summed E-state index contributed by atoms with van der Waals surface area (Å²) in [6, 6.07) is 9.09. The SMILES string of the molecule is C#CCOc1c(/C=C2\SC(=O)N(Cc3ccc([N+](=O)[O-])cc3)C2=O)cc(Br)cc1OC. The Hall–Kier alpha value is -3.29. The number of thioether (sulfide) groups is 1. The Labute approximate surface area is 190 Å². The zero-order valence-corrected chi connectivity index (χ0v) is 18.6. The molecule has 2 aromatic carbocycles. The standard InChI is InChI=1S/C21H15BrN2O6S/c1-3-8-30-19-14(9-15(22)11-17(19)29-2)10-18-20(25)23(21(26)31-18)12-13-4-6-16(7-5-13)24(27)28/h1,4-7,9-11H,8,12H2,2H3/b18-10-. The summed E-state index contributed by atoms with van der Waals surface area (Å²) < 4.78 is 11.6. The summed E-state index contributed by atoms with van der Waals surface area (Å²) >= 11 is 4.18. The fourth-order valence-electron chi connectivity index (χ4n) is 2.80. The molecule has 158 valence electrons. The molecule has 2 amide bonds. The predicted molar refractivity (Wildman–Crippen MR) is 120 cm³/mol. The van der Waals surface area contributed by atoms with E-state index in [4.69, 9.17) is 15.9 Å². The van der Waals surface area contributed by atoms with Gasteiger partial charge in [0, 0.05) is 22.2 Å². The number of ether oxygens (including phenoxy) is 2.